The van der Waals surface area contributed by atoms with Crippen LogP contribution in [-0.2, 0) is 0 Å². The van der Waals surface area contributed by atoms with E-state index in [0.29, 0.717) is 3.57 Å². The van der Waals surface area contributed by atoms with E-state index in [4.69, 9.17) is 0 Å². The molecule has 1 heterocycles. The SMILES string of the molecule is O=[N+]([O-])c1cc2ccc(O)c(I)c2s1. The Morgan fingerprint density at radius 1 is 1.50 bits per heavy atom. The normalized spacial score (nSPS) is 10.6. The van der Waals surface area contributed by atoms with E-state index in [1.54, 1.807) is 12.1 Å². The molecule has 0 atom stereocenters. The molecule has 14 heavy (non-hydrogen) atoms. The molecule has 0 saturated heterocycles. The summed E-state index contributed by atoms with van der Waals surface area (Å²) in [5.41, 5.74) is 0. The molecule has 6 heteroatoms. The fraction of sp³-hybridized carbons (Fsp3) is 0. The van der Waals surface area contributed by atoms with E-state index in [1.165, 1.54) is 6.07 Å². The second kappa shape index (κ2) is 3.35. The molecule has 72 valence electrons. The van der Waals surface area contributed by atoms with Crippen LogP contribution in [0.4, 0.5) is 5.00 Å². The number of aromatic hydroxyl groups is 1. The average Bonchev–Trinajstić information content (AvgIpc) is 2.56. The first-order chi connectivity index (χ1) is 6.59. The molecular weight excluding hydrogens is 317 g/mol. The minimum Gasteiger partial charge on any atom is -0.507 e. The Kier molecular flexibility index (Phi) is 2.31. The Hall–Kier alpha value is -0.890. The van der Waals surface area contributed by atoms with Gasteiger partial charge in [0, 0.05) is 11.5 Å². The third kappa shape index (κ3) is 1.44. The maximum absolute atomic E-state index is 10.5. The minimum absolute atomic E-state index is 0.100. The van der Waals surface area contributed by atoms with Crippen LogP contribution in [0.3, 0.4) is 0 Å². The fourth-order valence-corrected chi connectivity index (χ4v) is 2.87. The summed E-state index contributed by atoms with van der Waals surface area (Å²) in [6.45, 7) is 0. The predicted octanol–water partition coefficient (Wildman–Crippen LogP) is 3.12. The molecule has 0 aliphatic rings. The van der Waals surface area contributed by atoms with Crippen molar-refractivity contribution in [3.63, 3.8) is 0 Å². The summed E-state index contributed by atoms with van der Waals surface area (Å²) in [5, 5.41) is 20.8. The van der Waals surface area contributed by atoms with Crippen molar-refractivity contribution in [1.82, 2.24) is 0 Å². The number of nitrogens with zero attached hydrogens (tertiary/aromatic N) is 1. The van der Waals surface area contributed by atoms with E-state index >= 15 is 0 Å². The lowest BCUT2D eigenvalue weighted by molar-refractivity contribution is -0.380. The Balaban J connectivity index is 2.77. The highest BCUT2D eigenvalue weighted by Crippen LogP contribution is 2.37. The van der Waals surface area contributed by atoms with Crippen LogP contribution in [0.15, 0.2) is 18.2 Å². The standard InChI is InChI=1S/C8H4INO3S/c9-7-5(11)2-1-4-3-6(10(12)13)14-8(4)7/h1-3,11H. The zero-order chi connectivity index (χ0) is 10.3. The first kappa shape index (κ1) is 9.66. The number of rotatable bonds is 1. The van der Waals surface area contributed by atoms with Crippen LogP contribution in [0.1, 0.15) is 0 Å². The Morgan fingerprint density at radius 2 is 2.21 bits per heavy atom. The van der Waals surface area contributed by atoms with Gasteiger partial charge < -0.3 is 5.11 Å². The first-order valence-electron chi connectivity index (χ1n) is 3.65. The van der Waals surface area contributed by atoms with Gasteiger partial charge in [0.15, 0.2) is 0 Å². The van der Waals surface area contributed by atoms with Crippen LogP contribution >= 0.6 is 33.9 Å². The number of nitro groups is 1. The van der Waals surface area contributed by atoms with Gasteiger partial charge in [0.05, 0.1) is 13.2 Å². The summed E-state index contributed by atoms with van der Waals surface area (Å²) >= 11 is 3.06. The Bertz CT molecular complexity index is 523. The van der Waals surface area contributed by atoms with Crippen molar-refractivity contribution in [2.24, 2.45) is 0 Å². The van der Waals surface area contributed by atoms with Crippen molar-refractivity contribution in [3.05, 3.63) is 31.9 Å². The van der Waals surface area contributed by atoms with Gasteiger partial charge in [-0.15, -0.1) is 0 Å². The van der Waals surface area contributed by atoms with Gasteiger partial charge in [0.25, 0.3) is 0 Å². The van der Waals surface area contributed by atoms with E-state index in [-0.39, 0.29) is 10.8 Å². The van der Waals surface area contributed by atoms with Crippen molar-refractivity contribution in [2.75, 3.05) is 0 Å². The molecule has 0 bridgehead atoms. The van der Waals surface area contributed by atoms with Gasteiger partial charge in [-0.1, -0.05) is 11.3 Å². The molecule has 0 aliphatic carbocycles. The van der Waals surface area contributed by atoms with Gasteiger partial charge in [-0.2, -0.15) is 0 Å². The van der Waals surface area contributed by atoms with Gasteiger partial charge in [0.1, 0.15) is 5.75 Å². The van der Waals surface area contributed by atoms with E-state index in [0.717, 1.165) is 21.4 Å². The number of thiophene rings is 1. The number of hydrogen-bond acceptors (Lipinski definition) is 4. The number of halogens is 1. The van der Waals surface area contributed by atoms with Crippen molar-refractivity contribution in [2.45, 2.75) is 0 Å². The summed E-state index contributed by atoms with van der Waals surface area (Å²) < 4.78 is 1.43. The predicted molar refractivity (Wildman–Crippen MR) is 62.9 cm³/mol. The zero-order valence-corrected chi connectivity index (χ0v) is 9.70. The third-order valence-electron chi connectivity index (χ3n) is 1.77. The van der Waals surface area contributed by atoms with Gasteiger partial charge in [-0.3, -0.25) is 10.1 Å². The van der Waals surface area contributed by atoms with E-state index in [1.807, 2.05) is 22.6 Å². The highest BCUT2D eigenvalue weighted by molar-refractivity contribution is 14.1. The third-order valence-corrected chi connectivity index (χ3v) is 4.35. The topological polar surface area (TPSA) is 63.4 Å². The van der Waals surface area contributed by atoms with Gasteiger partial charge in [-0.05, 0) is 34.7 Å². The summed E-state index contributed by atoms with van der Waals surface area (Å²) in [4.78, 5) is 10.1. The summed E-state index contributed by atoms with van der Waals surface area (Å²) in [6, 6.07) is 4.73. The molecule has 1 aromatic carbocycles. The van der Waals surface area contributed by atoms with Crippen molar-refractivity contribution in [1.29, 1.82) is 0 Å². The summed E-state index contributed by atoms with van der Waals surface area (Å²) in [6.07, 6.45) is 0. The summed E-state index contributed by atoms with van der Waals surface area (Å²) in [7, 11) is 0. The van der Waals surface area contributed by atoms with Gasteiger partial charge in [-0.25, -0.2) is 0 Å². The largest absolute Gasteiger partial charge is 0.507 e. The van der Waals surface area contributed by atoms with Crippen LogP contribution < -0.4 is 0 Å². The van der Waals surface area contributed by atoms with Crippen molar-refractivity contribution >= 4 is 49.0 Å². The molecule has 1 N–H and O–H groups in total. The molecule has 0 saturated carbocycles. The average molecular weight is 321 g/mol. The lowest BCUT2D eigenvalue weighted by Gasteiger charge is -1.95. The van der Waals surface area contributed by atoms with E-state index < -0.39 is 4.92 Å². The molecule has 0 fully saturated rings. The number of fused-ring (bicyclic) bond motifs is 1. The molecule has 2 rings (SSSR count). The van der Waals surface area contributed by atoms with Crippen LogP contribution in [0.2, 0.25) is 0 Å². The van der Waals surface area contributed by atoms with Crippen LogP contribution in [0.25, 0.3) is 10.1 Å². The van der Waals surface area contributed by atoms with Crippen molar-refractivity contribution in [3.8, 4) is 5.75 Å². The first-order valence-corrected chi connectivity index (χ1v) is 5.54. The van der Waals surface area contributed by atoms with E-state index in [9.17, 15) is 15.2 Å². The second-order valence-corrected chi connectivity index (χ2v) is 4.77. The van der Waals surface area contributed by atoms with Crippen LogP contribution in [-0.4, -0.2) is 10.0 Å². The highest BCUT2D eigenvalue weighted by Gasteiger charge is 2.14. The molecule has 0 aliphatic heterocycles. The van der Waals surface area contributed by atoms with Crippen LogP contribution in [0, 0.1) is 13.7 Å². The van der Waals surface area contributed by atoms with E-state index in [2.05, 4.69) is 0 Å². The number of phenols is 1. The van der Waals surface area contributed by atoms with Gasteiger partial charge >= 0.3 is 5.00 Å². The summed E-state index contributed by atoms with van der Waals surface area (Å²) in [5.74, 6) is 0.162. The zero-order valence-electron chi connectivity index (χ0n) is 6.73. The smallest absolute Gasteiger partial charge is 0.325 e. The number of phenolic OH excluding ortho intramolecular Hbond substituents is 1. The molecular formula is C8H4INO3S. The van der Waals surface area contributed by atoms with Gasteiger partial charge in [0.2, 0.25) is 0 Å². The minimum atomic E-state index is -0.419. The Morgan fingerprint density at radius 3 is 2.86 bits per heavy atom. The maximum atomic E-state index is 10.5. The second-order valence-electron chi connectivity index (χ2n) is 2.66. The lowest BCUT2D eigenvalue weighted by Crippen LogP contribution is -1.80. The maximum Gasteiger partial charge on any atom is 0.325 e. The van der Waals surface area contributed by atoms with Crippen LogP contribution in [0.5, 0.6) is 5.75 Å². The number of hydrogen-bond donors (Lipinski definition) is 1. The fourth-order valence-electron chi connectivity index (χ4n) is 1.14. The molecule has 2 aromatic rings. The molecule has 0 unspecified atom stereocenters. The lowest BCUT2D eigenvalue weighted by atomic mass is 10.2. The molecule has 4 nitrogen and oxygen atoms in total. The highest BCUT2D eigenvalue weighted by atomic mass is 127. The quantitative estimate of drug-likeness (QED) is 0.499. The number of benzene rings is 1. The molecule has 0 amide bonds. The Labute approximate surface area is 96.5 Å². The molecule has 1 aromatic heterocycles. The monoisotopic (exact) mass is 321 g/mol. The van der Waals surface area contributed by atoms with Crippen molar-refractivity contribution < 1.29 is 10.0 Å². The molecule has 0 spiro atoms. The molecule has 0 radical (unpaired) electrons.